The van der Waals surface area contributed by atoms with Crippen LogP contribution in [0.15, 0.2) is 79.1 Å². The van der Waals surface area contributed by atoms with Crippen molar-refractivity contribution in [1.29, 1.82) is 0 Å². The first-order valence-electron chi connectivity index (χ1n) is 9.59. The molecule has 27 heavy (non-hydrogen) atoms. The second kappa shape index (κ2) is 8.23. The Kier molecular flexibility index (Phi) is 5.35. The van der Waals surface area contributed by atoms with E-state index >= 15 is 0 Å². The van der Waals surface area contributed by atoms with Crippen molar-refractivity contribution in [1.82, 2.24) is 14.8 Å². The summed E-state index contributed by atoms with van der Waals surface area (Å²) in [5.41, 5.74) is 2.99. The van der Waals surface area contributed by atoms with Gasteiger partial charge in [0.05, 0.1) is 11.3 Å². The van der Waals surface area contributed by atoms with Gasteiger partial charge in [-0.2, -0.15) is 0 Å². The first-order chi connectivity index (χ1) is 13.3. The summed E-state index contributed by atoms with van der Waals surface area (Å²) in [6, 6.07) is 22.5. The molecule has 2 aromatic carbocycles. The first-order valence-corrected chi connectivity index (χ1v) is 9.59. The van der Waals surface area contributed by atoms with Gasteiger partial charge in [0, 0.05) is 38.1 Å². The number of likely N-dealkylation sites (tertiary alicyclic amines) is 1. The number of nitrogens with zero attached hydrogens (tertiary/aromatic N) is 2. The Balaban J connectivity index is 1.35. The molecular weight excluding hydrogens is 334 g/mol. The third kappa shape index (κ3) is 4.29. The zero-order chi connectivity index (χ0) is 18.5. The van der Waals surface area contributed by atoms with E-state index in [-0.39, 0.29) is 11.9 Å². The van der Waals surface area contributed by atoms with Gasteiger partial charge in [-0.15, -0.1) is 0 Å². The zero-order valence-corrected chi connectivity index (χ0v) is 15.4. The minimum Gasteiger partial charge on any atom is -0.349 e. The predicted molar refractivity (Wildman–Crippen MR) is 108 cm³/mol. The van der Waals surface area contributed by atoms with Crippen LogP contribution in [0.4, 0.5) is 0 Å². The molecule has 0 saturated carbocycles. The molecule has 1 aliphatic heterocycles. The number of carbonyl (C=O) groups excluding carboxylic acids is 1. The molecule has 0 atom stereocenters. The molecule has 0 aliphatic carbocycles. The fourth-order valence-electron chi connectivity index (χ4n) is 3.73. The van der Waals surface area contributed by atoms with Gasteiger partial charge in [-0.1, -0.05) is 42.5 Å². The number of amides is 1. The molecule has 1 amide bonds. The number of aromatic nitrogens is 1. The van der Waals surface area contributed by atoms with Crippen molar-refractivity contribution < 1.29 is 4.79 Å². The van der Waals surface area contributed by atoms with Crippen LogP contribution >= 0.6 is 0 Å². The third-order valence-electron chi connectivity index (χ3n) is 5.20. The van der Waals surface area contributed by atoms with E-state index in [1.807, 2.05) is 53.4 Å². The SMILES string of the molecule is O=C(NC1CCN(Cc2ccccc2)CC1)c1ccccc1-n1cccc1. The average Bonchev–Trinajstić information content (AvgIpc) is 3.25. The van der Waals surface area contributed by atoms with Crippen LogP contribution in [0, 0.1) is 0 Å². The molecule has 0 spiro atoms. The van der Waals surface area contributed by atoms with E-state index in [0.717, 1.165) is 43.7 Å². The lowest BCUT2D eigenvalue weighted by Crippen LogP contribution is -2.44. The average molecular weight is 359 g/mol. The highest BCUT2D eigenvalue weighted by molar-refractivity contribution is 5.98. The molecule has 1 fully saturated rings. The molecule has 1 aliphatic rings. The number of hydrogen-bond acceptors (Lipinski definition) is 2. The number of rotatable bonds is 5. The van der Waals surface area contributed by atoms with E-state index < -0.39 is 0 Å². The fourth-order valence-corrected chi connectivity index (χ4v) is 3.73. The topological polar surface area (TPSA) is 37.3 Å². The molecule has 2 heterocycles. The quantitative estimate of drug-likeness (QED) is 0.751. The summed E-state index contributed by atoms with van der Waals surface area (Å²) in [6.45, 7) is 3.01. The predicted octanol–water partition coefficient (Wildman–Crippen LogP) is 3.87. The van der Waals surface area contributed by atoms with Crippen LogP contribution in [0.25, 0.3) is 5.69 Å². The number of piperidine rings is 1. The summed E-state index contributed by atoms with van der Waals surface area (Å²) in [5, 5.41) is 3.24. The number of carbonyl (C=O) groups is 1. The van der Waals surface area contributed by atoms with Crippen LogP contribution in [-0.2, 0) is 6.54 Å². The molecule has 0 unspecified atom stereocenters. The molecule has 1 saturated heterocycles. The van der Waals surface area contributed by atoms with Gasteiger partial charge < -0.3 is 9.88 Å². The van der Waals surface area contributed by atoms with E-state index in [1.165, 1.54) is 5.56 Å². The van der Waals surface area contributed by atoms with Crippen molar-refractivity contribution in [3.63, 3.8) is 0 Å². The summed E-state index contributed by atoms with van der Waals surface area (Å²) in [7, 11) is 0. The van der Waals surface area contributed by atoms with Gasteiger partial charge in [0.15, 0.2) is 0 Å². The Morgan fingerprint density at radius 2 is 1.56 bits per heavy atom. The first kappa shape index (κ1) is 17.6. The number of benzene rings is 2. The molecule has 4 heteroatoms. The number of para-hydroxylation sites is 1. The Labute approximate surface area is 160 Å². The maximum atomic E-state index is 12.9. The van der Waals surface area contributed by atoms with Crippen molar-refractivity contribution >= 4 is 5.91 Å². The lowest BCUT2D eigenvalue weighted by molar-refractivity contribution is 0.0909. The highest BCUT2D eigenvalue weighted by atomic mass is 16.1. The van der Waals surface area contributed by atoms with Gasteiger partial charge in [0.2, 0.25) is 0 Å². The van der Waals surface area contributed by atoms with E-state index in [2.05, 4.69) is 40.5 Å². The Hall–Kier alpha value is -2.85. The standard InChI is InChI=1S/C23H25N3O/c27-23(21-10-4-5-11-22(21)26-14-6-7-15-26)24-20-12-16-25(17-13-20)18-19-8-2-1-3-9-19/h1-11,14-15,20H,12-13,16-18H2,(H,24,27). The van der Waals surface area contributed by atoms with Gasteiger partial charge >= 0.3 is 0 Å². The van der Waals surface area contributed by atoms with Crippen LogP contribution in [0.3, 0.4) is 0 Å². The second-order valence-electron chi connectivity index (χ2n) is 7.12. The maximum absolute atomic E-state index is 12.9. The molecular formula is C23H25N3O. The summed E-state index contributed by atoms with van der Waals surface area (Å²) in [4.78, 5) is 15.3. The zero-order valence-electron chi connectivity index (χ0n) is 15.4. The summed E-state index contributed by atoms with van der Waals surface area (Å²) in [5.74, 6) is 0.0146. The summed E-state index contributed by atoms with van der Waals surface area (Å²) < 4.78 is 1.98. The van der Waals surface area contributed by atoms with Crippen molar-refractivity contribution in [2.24, 2.45) is 0 Å². The van der Waals surface area contributed by atoms with E-state index in [1.54, 1.807) is 0 Å². The fraction of sp³-hybridized carbons (Fsp3) is 0.261. The van der Waals surface area contributed by atoms with Crippen LogP contribution in [0.2, 0.25) is 0 Å². The van der Waals surface area contributed by atoms with Crippen LogP contribution in [-0.4, -0.2) is 34.5 Å². The lowest BCUT2D eigenvalue weighted by Gasteiger charge is -2.32. The largest absolute Gasteiger partial charge is 0.349 e. The molecule has 4 rings (SSSR count). The minimum absolute atomic E-state index is 0.0146. The molecule has 4 nitrogen and oxygen atoms in total. The number of hydrogen-bond donors (Lipinski definition) is 1. The lowest BCUT2D eigenvalue weighted by atomic mass is 10.0. The number of nitrogens with one attached hydrogen (secondary N) is 1. The molecule has 0 radical (unpaired) electrons. The molecule has 3 aromatic rings. The smallest absolute Gasteiger partial charge is 0.253 e. The van der Waals surface area contributed by atoms with Gasteiger partial charge in [-0.3, -0.25) is 9.69 Å². The highest BCUT2D eigenvalue weighted by Gasteiger charge is 2.22. The Morgan fingerprint density at radius 1 is 0.889 bits per heavy atom. The molecule has 0 bridgehead atoms. The molecule has 1 N–H and O–H groups in total. The van der Waals surface area contributed by atoms with Gasteiger partial charge in [-0.25, -0.2) is 0 Å². The van der Waals surface area contributed by atoms with E-state index in [4.69, 9.17) is 0 Å². The van der Waals surface area contributed by atoms with E-state index in [0.29, 0.717) is 0 Å². The van der Waals surface area contributed by atoms with Gasteiger partial charge in [0.25, 0.3) is 5.91 Å². The van der Waals surface area contributed by atoms with Crippen molar-refractivity contribution in [2.75, 3.05) is 13.1 Å². The van der Waals surface area contributed by atoms with Crippen LogP contribution in [0.5, 0.6) is 0 Å². The third-order valence-corrected chi connectivity index (χ3v) is 5.20. The normalized spacial score (nSPS) is 15.6. The van der Waals surface area contributed by atoms with Gasteiger partial charge in [-0.05, 0) is 42.7 Å². The monoisotopic (exact) mass is 359 g/mol. The van der Waals surface area contributed by atoms with Crippen LogP contribution < -0.4 is 5.32 Å². The minimum atomic E-state index is 0.0146. The van der Waals surface area contributed by atoms with E-state index in [9.17, 15) is 4.79 Å². The summed E-state index contributed by atoms with van der Waals surface area (Å²) in [6.07, 6.45) is 5.91. The van der Waals surface area contributed by atoms with Crippen molar-refractivity contribution in [3.8, 4) is 5.69 Å². The summed E-state index contributed by atoms with van der Waals surface area (Å²) >= 11 is 0. The van der Waals surface area contributed by atoms with Gasteiger partial charge in [0.1, 0.15) is 0 Å². The highest BCUT2D eigenvalue weighted by Crippen LogP contribution is 2.17. The second-order valence-corrected chi connectivity index (χ2v) is 7.12. The maximum Gasteiger partial charge on any atom is 0.253 e. The molecule has 1 aromatic heterocycles. The van der Waals surface area contributed by atoms with Crippen LogP contribution in [0.1, 0.15) is 28.8 Å². The van der Waals surface area contributed by atoms with Crippen molar-refractivity contribution in [2.45, 2.75) is 25.4 Å². The Bertz CT molecular complexity index is 866. The Morgan fingerprint density at radius 3 is 2.30 bits per heavy atom. The van der Waals surface area contributed by atoms with Crippen molar-refractivity contribution in [3.05, 3.63) is 90.3 Å². The molecule has 138 valence electrons.